The quantitative estimate of drug-likeness (QED) is 0.790. The van der Waals surface area contributed by atoms with Gasteiger partial charge in [0.05, 0.1) is 18.1 Å². The number of aryl methyl sites for hydroxylation is 2. The Kier molecular flexibility index (Phi) is 5.01. The van der Waals surface area contributed by atoms with Gasteiger partial charge in [0.1, 0.15) is 11.6 Å². The smallest absolute Gasteiger partial charge is 0.121 e. The normalized spacial score (nSPS) is 11.4. The molecule has 0 atom stereocenters. The number of aromatic nitrogens is 2. The van der Waals surface area contributed by atoms with Gasteiger partial charge in [-0.3, -0.25) is 0 Å². The Morgan fingerprint density at radius 2 is 2.15 bits per heavy atom. The number of rotatable bonds is 7. The molecule has 0 saturated carbocycles. The Morgan fingerprint density at radius 3 is 2.80 bits per heavy atom. The number of fused-ring (bicyclic) bond motifs is 1. The number of nitrogens with one attached hydrogen (secondary N) is 1. The first-order chi connectivity index (χ1) is 9.65. The number of nitrogens with zero attached hydrogens (tertiary/aromatic N) is 2. The maximum Gasteiger partial charge on any atom is 0.121 e. The minimum atomic E-state index is 0.546. The second-order valence-electron chi connectivity index (χ2n) is 5.34. The van der Waals surface area contributed by atoms with Gasteiger partial charge in [-0.25, -0.2) is 4.98 Å². The molecule has 1 heterocycles. The van der Waals surface area contributed by atoms with Crippen LogP contribution in [0.5, 0.6) is 5.75 Å². The molecule has 0 aliphatic heterocycles. The molecule has 0 amide bonds. The van der Waals surface area contributed by atoms with E-state index >= 15 is 0 Å². The van der Waals surface area contributed by atoms with Crippen molar-refractivity contribution in [2.75, 3.05) is 13.7 Å². The molecular weight excluding hydrogens is 250 g/mol. The van der Waals surface area contributed by atoms with Crippen molar-refractivity contribution in [1.29, 1.82) is 0 Å². The maximum atomic E-state index is 5.27. The largest absolute Gasteiger partial charge is 0.497 e. The zero-order chi connectivity index (χ0) is 14.5. The third-order valence-electron chi connectivity index (χ3n) is 3.48. The first-order valence-corrected chi connectivity index (χ1v) is 7.42. The van der Waals surface area contributed by atoms with E-state index < -0.39 is 0 Å². The van der Waals surface area contributed by atoms with Crippen molar-refractivity contribution in [2.24, 2.45) is 0 Å². The van der Waals surface area contributed by atoms with Gasteiger partial charge in [0, 0.05) is 25.1 Å². The van der Waals surface area contributed by atoms with Gasteiger partial charge in [-0.15, -0.1) is 0 Å². The highest BCUT2D eigenvalue weighted by Gasteiger charge is 2.10. The summed E-state index contributed by atoms with van der Waals surface area (Å²) >= 11 is 0. The topological polar surface area (TPSA) is 39.1 Å². The van der Waals surface area contributed by atoms with Crippen molar-refractivity contribution in [3.05, 3.63) is 24.0 Å². The lowest BCUT2D eigenvalue weighted by Crippen LogP contribution is -2.24. The van der Waals surface area contributed by atoms with E-state index in [0.29, 0.717) is 6.04 Å². The molecule has 0 saturated heterocycles. The van der Waals surface area contributed by atoms with Crippen LogP contribution in [-0.4, -0.2) is 29.2 Å². The Hall–Kier alpha value is -1.55. The summed E-state index contributed by atoms with van der Waals surface area (Å²) in [6, 6.07) is 6.65. The summed E-state index contributed by atoms with van der Waals surface area (Å²) in [6.45, 7) is 8.51. The van der Waals surface area contributed by atoms with E-state index in [1.807, 2.05) is 12.1 Å². The van der Waals surface area contributed by atoms with Crippen molar-refractivity contribution < 1.29 is 4.74 Å². The van der Waals surface area contributed by atoms with E-state index in [2.05, 4.69) is 36.7 Å². The predicted molar refractivity (Wildman–Crippen MR) is 83.4 cm³/mol. The lowest BCUT2D eigenvalue weighted by atomic mass is 10.2. The van der Waals surface area contributed by atoms with Crippen molar-refractivity contribution in [1.82, 2.24) is 14.9 Å². The van der Waals surface area contributed by atoms with Gasteiger partial charge in [0.25, 0.3) is 0 Å². The number of hydrogen-bond acceptors (Lipinski definition) is 3. The van der Waals surface area contributed by atoms with Crippen molar-refractivity contribution in [2.45, 2.75) is 46.2 Å². The number of benzene rings is 1. The van der Waals surface area contributed by atoms with E-state index in [0.717, 1.165) is 37.2 Å². The predicted octanol–water partition coefficient (Wildman–Crippen LogP) is 3.00. The number of ether oxygens (including phenoxy) is 1. The van der Waals surface area contributed by atoms with Crippen LogP contribution in [0, 0.1) is 0 Å². The molecule has 20 heavy (non-hydrogen) atoms. The molecule has 110 valence electrons. The summed E-state index contributed by atoms with van der Waals surface area (Å²) in [7, 11) is 1.69. The first-order valence-electron chi connectivity index (χ1n) is 7.42. The molecule has 0 radical (unpaired) electrons. The van der Waals surface area contributed by atoms with Crippen LogP contribution in [0.4, 0.5) is 0 Å². The monoisotopic (exact) mass is 275 g/mol. The van der Waals surface area contributed by atoms with Crippen LogP contribution in [0.15, 0.2) is 18.2 Å². The minimum Gasteiger partial charge on any atom is -0.497 e. The van der Waals surface area contributed by atoms with Gasteiger partial charge < -0.3 is 14.6 Å². The van der Waals surface area contributed by atoms with Gasteiger partial charge in [-0.2, -0.15) is 0 Å². The SMILES string of the molecule is CCn1c(CCCNC(C)C)nc2cc(OC)ccc21. The van der Waals surface area contributed by atoms with E-state index in [-0.39, 0.29) is 0 Å². The molecule has 1 aromatic heterocycles. The van der Waals surface area contributed by atoms with Crippen LogP contribution in [0.25, 0.3) is 11.0 Å². The summed E-state index contributed by atoms with van der Waals surface area (Å²) in [5.41, 5.74) is 2.22. The third kappa shape index (κ3) is 3.31. The second kappa shape index (κ2) is 6.75. The molecule has 0 bridgehead atoms. The van der Waals surface area contributed by atoms with Crippen molar-refractivity contribution in [3.8, 4) is 5.75 Å². The van der Waals surface area contributed by atoms with Gasteiger partial charge in [0.2, 0.25) is 0 Å². The van der Waals surface area contributed by atoms with E-state index in [1.54, 1.807) is 7.11 Å². The molecule has 0 fully saturated rings. The Morgan fingerprint density at radius 1 is 1.35 bits per heavy atom. The average Bonchev–Trinajstić information content (AvgIpc) is 2.79. The summed E-state index contributed by atoms with van der Waals surface area (Å²) < 4.78 is 7.57. The van der Waals surface area contributed by atoms with E-state index in [1.165, 1.54) is 11.3 Å². The van der Waals surface area contributed by atoms with Gasteiger partial charge in [-0.1, -0.05) is 13.8 Å². The molecule has 1 N–H and O–H groups in total. The number of hydrogen-bond donors (Lipinski definition) is 1. The summed E-state index contributed by atoms with van der Waals surface area (Å²) in [4.78, 5) is 4.76. The number of methoxy groups -OCH3 is 1. The van der Waals surface area contributed by atoms with Crippen LogP contribution >= 0.6 is 0 Å². The highest BCUT2D eigenvalue weighted by Crippen LogP contribution is 2.22. The van der Waals surface area contributed by atoms with Gasteiger partial charge in [0.15, 0.2) is 0 Å². The van der Waals surface area contributed by atoms with Crippen molar-refractivity contribution >= 4 is 11.0 Å². The van der Waals surface area contributed by atoms with E-state index in [4.69, 9.17) is 9.72 Å². The third-order valence-corrected chi connectivity index (χ3v) is 3.48. The zero-order valence-electron chi connectivity index (χ0n) is 12.9. The molecule has 1 aromatic carbocycles. The van der Waals surface area contributed by atoms with Crippen molar-refractivity contribution in [3.63, 3.8) is 0 Å². The highest BCUT2D eigenvalue weighted by molar-refractivity contribution is 5.77. The maximum absolute atomic E-state index is 5.27. The molecule has 0 unspecified atom stereocenters. The second-order valence-corrected chi connectivity index (χ2v) is 5.34. The van der Waals surface area contributed by atoms with Crippen LogP contribution in [0.2, 0.25) is 0 Å². The fourth-order valence-corrected chi connectivity index (χ4v) is 2.47. The first kappa shape index (κ1) is 14.9. The van der Waals surface area contributed by atoms with Gasteiger partial charge >= 0.3 is 0 Å². The molecule has 2 rings (SSSR count). The Bertz CT molecular complexity index is 560. The van der Waals surface area contributed by atoms with E-state index in [9.17, 15) is 0 Å². The van der Waals surface area contributed by atoms with Gasteiger partial charge in [-0.05, 0) is 32.0 Å². The average molecular weight is 275 g/mol. The molecular formula is C16H25N3O. The fourth-order valence-electron chi connectivity index (χ4n) is 2.47. The summed E-state index contributed by atoms with van der Waals surface area (Å²) in [5.74, 6) is 2.03. The summed E-state index contributed by atoms with van der Waals surface area (Å²) in [5, 5.41) is 3.45. The number of imidazole rings is 1. The van der Waals surface area contributed by atoms with Crippen LogP contribution < -0.4 is 10.1 Å². The van der Waals surface area contributed by atoms with Crippen LogP contribution in [-0.2, 0) is 13.0 Å². The molecule has 4 heteroatoms. The standard InChI is InChI=1S/C16H25N3O/c1-5-19-15-9-8-13(20-4)11-14(15)18-16(19)7-6-10-17-12(2)3/h8-9,11-12,17H,5-7,10H2,1-4H3. The molecule has 2 aromatic rings. The fraction of sp³-hybridized carbons (Fsp3) is 0.562. The molecule has 0 aliphatic rings. The highest BCUT2D eigenvalue weighted by atomic mass is 16.5. The minimum absolute atomic E-state index is 0.546. The Labute approximate surface area is 121 Å². The molecule has 4 nitrogen and oxygen atoms in total. The Balaban J connectivity index is 2.15. The molecule has 0 aliphatic carbocycles. The molecule has 0 spiro atoms. The van der Waals surface area contributed by atoms with Crippen LogP contribution in [0.3, 0.4) is 0 Å². The van der Waals surface area contributed by atoms with Crippen LogP contribution in [0.1, 0.15) is 33.0 Å². The summed E-state index contributed by atoms with van der Waals surface area (Å²) in [6.07, 6.45) is 2.11. The lowest BCUT2D eigenvalue weighted by Gasteiger charge is -2.08. The lowest BCUT2D eigenvalue weighted by molar-refractivity contribution is 0.415. The zero-order valence-corrected chi connectivity index (χ0v) is 12.9.